The Morgan fingerprint density at radius 2 is 1.63 bits per heavy atom. The first-order valence-electron chi connectivity index (χ1n) is 11.1. The molecule has 0 aliphatic heterocycles. The van der Waals surface area contributed by atoms with Crippen molar-refractivity contribution in [3.05, 3.63) is 95.1 Å². The number of hydrogen-bond donors (Lipinski definition) is 2. The summed E-state index contributed by atoms with van der Waals surface area (Å²) in [6.07, 6.45) is -5.45. The van der Waals surface area contributed by atoms with Gasteiger partial charge in [-0.1, -0.05) is 54.6 Å². The van der Waals surface area contributed by atoms with Gasteiger partial charge < -0.3 is 10.2 Å². The highest BCUT2D eigenvalue weighted by Gasteiger charge is 2.44. The van der Waals surface area contributed by atoms with E-state index in [0.29, 0.717) is 27.0 Å². The topological polar surface area (TPSA) is 104 Å². The van der Waals surface area contributed by atoms with Crippen molar-refractivity contribution >= 4 is 42.4 Å². The Morgan fingerprint density at radius 3 is 2.24 bits per heavy atom. The van der Waals surface area contributed by atoms with Crippen molar-refractivity contribution in [2.24, 2.45) is 0 Å². The van der Waals surface area contributed by atoms with Gasteiger partial charge in [0.1, 0.15) is 5.00 Å². The maximum absolute atomic E-state index is 14.0. The number of thiophene rings is 1. The third-order valence-electron chi connectivity index (χ3n) is 5.59. The number of fused-ring (bicyclic) bond motifs is 1. The molecular weight excluding hydrogens is 543 g/mol. The lowest BCUT2D eigenvalue weighted by molar-refractivity contribution is -0.322. The average molecular weight is 566 g/mol. The summed E-state index contributed by atoms with van der Waals surface area (Å²) in [5.41, 5.74) is -1.60. The van der Waals surface area contributed by atoms with E-state index < -0.39 is 43.4 Å². The highest BCUT2D eigenvalue weighted by atomic mass is 32.2. The minimum absolute atomic E-state index is 0.0140. The van der Waals surface area contributed by atoms with Crippen molar-refractivity contribution < 1.29 is 41.4 Å². The second-order valence-electron chi connectivity index (χ2n) is 8.90. The van der Waals surface area contributed by atoms with E-state index in [1.54, 1.807) is 54.6 Å². The van der Waals surface area contributed by atoms with Crippen LogP contribution in [0.4, 0.5) is 18.2 Å². The summed E-state index contributed by atoms with van der Waals surface area (Å²) in [6, 6.07) is 18.1. The molecule has 0 aliphatic carbocycles. The molecule has 2 N–H and O–H groups in total. The van der Waals surface area contributed by atoms with Gasteiger partial charge in [0.25, 0.3) is 10.0 Å². The first-order chi connectivity index (χ1) is 17.7. The second kappa shape index (κ2) is 10.0. The zero-order valence-corrected chi connectivity index (χ0v) is 21.7. The van der Waals surface area contributed by atoms with E-state index in [-0.39, 0.29) is 22.0 Å². The maximum Gasteiger partial charge on any atom is 0.544 e. The van der Waals surface area contributed by atoms with Crippen LogP contribution < -0.4 is 4.47 Å². The standard InChI is InChI=1S/C26H22F3NO6S2/c1-25(2,33)22-19-10-6-7-11-20(19)37-23(22)30(36-26(27,28)29)38(34,35)21-15-18(24(31)32)13-12-17(21)14-16-8-4-3-5-9-16/h3-13,15,33H,14H2,1-2H3,(H,31,32). The van der Waals surface area contributed by atoms with Crippen LogP contribution in [0.1, 0.15) is 40.9 Å². The molecule has 0 unspecified atom stereocenters. The van der Waals surface area contributed by atoms with Gasteiger partial charge in [0.2, 0.25) is 0 Å². The predicted octanol–water partition coefficient (Wildman–Crippen LogP) is 6.06. The van der Waals surface area contributed by atoms with E-state index in [9.17, 15) is 36.6 Å². The van der Waals surface area contributed by atoms with Crippen molar-refractivity contribution in [1.29, 1.82) is 0 Å². The molecule has 1 aromatic heterocycles. The molecular formula is C26H22F3NO6S2. The third kappa shape index (κ3) is 5.68. The number of benzene rings is 3. The molecule has 0 fully saturated rings. The van der Waals surface area contributed by atoms with E-state index in [1.165, 1.54) is 26.0 Å². The molecule has 200 valence electrons. The number of halogens is 3. The summed E-state index contributed by atoms with van der Waals surface area (Å²) in [7, 11) is -5.20. The van der Waals surface area contributed by atoms with Gasteiger partial charge in [-0.15, -0.1) is 29.0 Å². The van der Waals surface area contributed by atoms with Gasteiger partial charge in [0.05, 0.1) is 16.1 Å². The number of nitrogens with zero attached hydrogens (tertiary/aromatic N) is 1. The summed E-state index contributed by atoms with van der Waals surface area (Å²) in [4.78, 5) is 15.1. The Labute approximate surface area is 220 Å². The van der Waals surface area contributed by atoms with Crippen LogP contribution in [0.3, 0.4) is 0 Å². The number of anilines is 1. The van der Waals surface area contributed by atoms with E-state index in [4.69, 9.17) is 0 Å². The molecule has 0 bridgehead atoms. The number of hydrogen-bond acceptors (Lipinski definition) is 6. The number of alkyl halides is 3. The Balaban J connectivity index is 2.00. The third-order valence-corrected chi connectivity index (χ3v) is 8.47. The fraction of sp³-hybridized carbons (Fsp3) is 0.192. The summed E-state index contributed by atoms with van der Waals surface area (Å²) < 4.78 is 69.2. The number of rotatable bonds is 8. The van der Waals surface area contributed by atoms with Crippen LogP contribution in [-0.4, -0.2) is 31.0 Å². The first kappa shape index (κ1) is 27.6. The van der Waals surface area contributed by atoms with E-state index in [0.717, 1.165) is 6.07 Å². The molecule has 3 aromatic carbocycles. The van der Waals surface area contributed by atoms with Gasteiger partial charge in [0, 0.05) is 15.6 Å². The van der Waals surface area contributed by atoms with Crippen LogP contribution in [0.15, 0.2) is 77.7 Å². The van der Waals surface area contributed by atoms with Gasteiger partial charge in [-0.2, -0.15) is 13.3 Å². The molecule has 1 heterocycles. The molecule has 0 amide bonds. The summed E-state index contributed by atoms with van der Waals surface area (Å²) in [5, 5.41) is 20.2. The monoisotopic (exact) mass is 565 g/mol. The molecule has 0 saturated heterocycles. The zero-order chi connectivity index (χ0) is 27.9. The molecule has 0 atom stereocenters. The minimum Gasteiger partial charge on any atom is -0.478 e. The number of aliphatic hydroxyl groups is 1. The van der Waals surface area contributed by atoms with Crippen LogP contribution in [0.5, 0.6) is 0 Å². The largest absolute Gasteiger partial charge is 0.544 e. The minimum atomic E-state index is -5.44. The molecule has 0 saturated carbocycles. The maximum atomic E-state index is 14.0. The highest BCUT2D eigenvalue weighted by molar-refractivity contribution is 7.93. The van der Waals surface area contributed by atoms with Crippen molar-refractivity contribution in [3.63, 3.8) is 0 Å². The molecule has 0 spiro atoms. The zero-order valence-electron chi connectivity index (χ0n) is 20.1. The van der Waals surface area contributed by atoms with E-state index >= 15 is 0 Å². The van der Waals surface area contributed by atoms with Gasteiger partial charge >= 0.3 is 12.3 Å². The average Bonchev–Trinajstić information content (AvgIpc) is 3.22. The van der Waals surface area contributed by atoms with Crippen LogP contribution in [0.2, 0.25) is 0 Å². The van der Waals surface area contributed by atoms with E-state index in [2.05, 4.69) is 4.84 Å². The molecule has 0 aliphatic rings. The molecule has 0 radical (unpaired) electrons. The van der Waals surface area contributed by atoms with Crippen LogP contribution in [0.25, 0.3) is 10.1 Å². The Hall–Kier alpha value is -3.45. The van der Waals surface area contributed by atoms with E-state index in [1.807, 2.05) is 0 Å². The smallest absolute Gasteiger partial charge is 0.478 e. The SMILES string of the molecule is CC(C)(O)c1c(N(OC(F)(F)F)S(=O)(=O)c2cc(C(=O)O)ccc2Cc2ccccc2)sc2ccccc12. The summed E-state index contributed by atoms with van der Waals surface area (Å²) in [5.74, 6) is -1.46. The summed E-state index contributed by atoms with van der Waals surface area (Å²) >= 11 is 0.687. The van der Waals surface area contributed by atoms with Crippen LogP contribution in [-0.2, 0) is 26.9 Å². The highest BCUT2D eigenvalue weighted by Crippen LogP contribution is 2.46. The second-order valence-corrected chi connectivity index (χ2v) is 11.6. The lowest BCUT2D eigenvalue weighted by Gasteiger charge is -2.28. The lowest BCUT2D eigenvalue weighted by atomic mass is 9.97. The Morgan fingerprint density at radius 1 is 1.00 bits per heavy atom. The molecule has 38 heavy (non-hydrogen) atoms. The van der Waals surface area contributed by atoms with Crippen molar-refractivity contribution in [2.45, 2.75) is 37.1 Å². The first-order valence-corrected chi connectivity index (χ1v) is 13.4. The molecule has 4 aromatic rings. The van der Waals surface area contributed by atoms with Crippen LogP contribution >= 0.6 is 11.3 Å². The summed E-state index contributed by atoms with van der Waals surface area (Å²) in [6.45, 7) is 2.63. The van der Waals surface area contributed by atoms with Gasteiger partial charge in [-0.25, -0.2) is 4.79 Å². The fourth-order valence-corrected chi connectivity index (χ4v) is 7.06. The number of carboxylic acids is 1. The molecule has 7 nitrogen and oxygen atoms in total. The lowest BCUT2D eigenvalue weighted by Crippen LogP contribution is -2.38. The predicted molar refractivity (Wildman–Crippen MR) is 137 cm³/mol. The molecule has 12 heteroatoms. The fourth-order valence-electron chi connectivity index (χ4n) is 4.02. The van der Waals surface area contributed by atoms with Gasteiger partial charge in [-0.05, 0) is 49.6 Å². The quantitative estimate of drug-likeness (QED) is 0.252. The number of carbonyl (C=O) groups is 1. The van der Waals surface area contributed by atoms with Gasteiger partial charge in [0.15, 0.2) is 0 Å². The van der Waals surface area contributed by atoms with Crippen molar-refractivity contribution in [3.8, 4) is 0 Å². The van der Waals surface area contributed by atoms with Crippen LogP contribution in [0, 0.1) is 0 Å². The van der Waals surface area contributed by atoms with Crippen molar-refractivity contribution in [2.75, 3.05) is 4.47 Å². The number of carboxylic acid groups (broad SMARTS) is 1. The normalized spacial score (nSPS) is 12.6. The van der Waals surface area contributed by atoms with Crippen molar-refractivity contribution in [1.82, 2.24) is 0 Å². The van der Waals surface area contributed by atoms with Gasteiger partial charge in [-0.3, -0.25) is 0 Å². The number of sulfonamides is 1. The number of aromatic carboxylic acids is 1. The Kier molecular flexibility index (Phi) is 7.28. The Bertz CT molecular complexity index is 1590. The molecule has 4 rings (SSSR count).